The van der Waals surface area contributed by atoms with E-state index in [-0.39, 0.29) is 0 Å². The van der Waals surface area contributed by atoms with Gasteiger partial charge in [0, 0.05) is 49.7 Å². The zero-order chi connectivity index (χ0) is 15.5. The van der Waals surface area contributed by atoms with Gasteiger partial charge in [0.15, 0.2) is 0 Å². The Hall–Kier alpha value is -2.56. The number of pyridine rings is 1. The molecule has 1 aromatic carbocycles. The summed E-state index contributed by atoms with van der Waals surface area (Å²) in [5.74, 6) is 1.87. The highest BCUT2D eigenvalue weighted by Gasteiger charge is 2.09. The van der Waals surface area contributed by atoms with Gasteiger partial charge in [-0.2, -0.15) is 0 Å². The first kappa shape index (κ1) is 14.4. The smallest absolute Gasteiger partial charge is 0.145 e. The van der Waals surface area contributed by atoms with E-state index in [4.69, 9.17) is 4.74 Å². The van der Waals surface area contributed by atoms with Crippen LogP contribution >= 0.6 is 0 Å². The molecular weight excluding hydrogens is 276 g/mol. The number of ether oxygens (including phenoxy) is 1. The lowest BCUT2D eigenvalue weighted by Crippen LogP contribution is -2.10. The Labute approximate surface area is 130 Å². The van der Waals surface area contributed by atoms with Crippen LogP contribution in [0.3, 0.4) is 0 Å². The lowest BCUT2D eigenvalue weighted by Gasteiger charge is -2.14. The van der Waals surface area contributed by atoms with E-state index < -0.39 is 0 Å². The molecule has 3 aromatic rings. The summed E-state index contributed by atoms with van der Waals surface area (Å²) in [6, 6.07) is 6.00. The number of fused-ring (bicyclic) bond motifs is 1. The van der Waals surface area contributed by atoms with E-state index in [1.54, 1.807) is 7.11 Å². The van der Waals surface area contributed by atoms with Crippen molar-refractivity contribution in [3.05, 3.63) is 48.2 Å². The van der Waals surface area contributed by atoms with Crippen LogP contribution in [-0.4, -0.2) is 28.2 Å². The number of rotatable bonds is 5. The number of nitrogens with zero attached hydrogens (tertiary/aromatic N) is 3. The van der Waals surface area contributed by atoms with Gasteiger partial charge in [0.05, 0.1) is 7.11 Å². The molecule has 114 valence electrons. The number of imidazole rings is 1. The second-order valence-electron chi connectivity index (χ2n) is 5.30. The second kappa shape index (κ2) is 6.05. The Kier molecular flexibility index (Phi) is 3.96. The number of benzene rings is 1. The van der Waals surface area contributed by atoms with Crippen molar-refractivity contribution in [2.24, 2.45) is 7.05 Å². The van der Waals surface area contributed by atoms with Gasteiger partial charge in [0.25, 0.3) is 0 Å². The number of nitrogens with one attached hydrogen (secondary N) is 1. The Morgan fingerprint density at radius 1 is 1.27 bits per heavy atom. The van der Waals surface area contributed by atoms with Gasteiger partial charge in [-0.1, -0.05) is 12.1 Å². The fraction of sp³-hybridized carbons (Fsp3) is 0.294. The molecule has 0 saturated heterocycles. The first-order valence-electron chi connectivity index (χ1n) is 7.33. The number of hydrogen-bond acceptors (Lipinski definition) is 4. The third-order valence-electron chi connectivity index (χ3n) is 3.84. The molecule has 0 spiro atoms. The third kappa shape index (κ3) is 2.62. The zero-order valence-electron chi connectivity index (χ0n) is 13.1. The van der Waals surface area contributed by atoms with E-state index >= 15 is 0 Å². The van der Waals surface area contributed by atoms with Crippen LogP contribution in [0.5, 0.6) is 5.75 Å². The Balaban J connectivity index is 1.86. The summed E-state index contributed by atoms with van der Waals surface area (Å²) >= 11 is 0. The third-order valence-corrected chi connectivity index (χ3v) is 3.84. The van der Waals surface area contributed by atoms with Crippen LogP contribution in [0.4, 0.5) is 5.69 Å². The lowest BCUT2D eigenvalue weighted by atomic mass is 10.1. The van der Waals surface area contributed by atoms with E-state index in [0.717, 1.165) is 46.7 Å². The van der Waals surface area contributed by atoms with Gasteiger partial charge in [0.1, 0.15) is 17.1 Å². The Morgan fingerprint density at radius 2 is 2.14 bits per heavy atom. The van der Waals surface area contributed by atoms with Crippen LogP contribution < -0.4 is 10.1 Å². The van der Waals surface area contributed by atoms with Crippen molar-refractivity contribution in [2.75, 3.05) is 19.0 Å². The van der Waals surface area contributed by atoms with Crippen LogP contribution in [0.15, 0.2) is 36.8 Å². The highest BCUT2D eigenvalue weighted by Crippen LogP contribution is 2.30. The molecule has 2 aromatic heterocycles. The maximum absolute atomic E-state index is 5.40. The predicted octanol–water partition coefficient (Wildman–Crippen LogP) is 2.94. The summed E-state index contributed by atoms with van der Waals surface area (Å²) in [4.78, 5) is 8.85. The lowest BCUT2D eigenvalue weighted by molar-refractivity contribution is 0.419. The highest BCUT2D eigenvalue weighted by atomic mass is 16.5. The van der Waals surface area contributed by atoms with Crippen molar-refractivity contribution in [3.63, 3.8) is 0 Å². The minimum absolute atomic E-state index is 0.796. The molecule has 2 heterocycles. The summed E-state index contributed by atoms with van der Waals surface area (Å²) in [7, 11) is 3.69. The molecule has 0 amide bonds. The van der Waals surface area contributed by atoms with E-state index in [2.05, 4.69) is 28.3 Å². The van der Waals surface area contributed by atoms with Gasteiger partial charge < -0.3 is 14.6 Å². The molecule has 1 N–H and O–H groups in total. The van der Waals surface area contributed by atoms with E-state index in [1.165, 1.54) is 0 Å². The van der Waals surface area contributed by atoms with Crippen LogP contribution in [0.25, 0.3) is 10.9 Å². The molecule has 0 saturated carbocycles. The van der Waals surface area contributed by atoms with Crippen LogP contribution in [0, 0.1) is 6.92 Å². The molecule has 3 rings (SSSR count). The van der Waals surface area contributed by atoms with Crippen molar-refractivity contribution in [2.45, 2.75) is 13.3 Å². The summed E-state index contributed by atoms with van der Waals surface area (Å²) in [5, 5.41) is 4.61. The maximum Gasteiger partial charge on any atom is 0.145 e. The Morgan fingerprint density at radius 3 is 2.86 bits per heavy atom. The van der Waals surface area contributed by atoms with Crippen molar-refractivity contribution in [3.8, 4) is 5.75 Å². The average molecular weight is 296 g/mol. The second-order valence-corrected chi connectivity index (χ2v) is 5.30. The number of para-hydroxylation sites is 1. The van der Waals surface area contributed by atoms with Gasteiger partial charge in [-0.3, -0.25) is 4.98 Å². The zero-order valence-corrected chi connectivity index (χ0v) is 13.1. The summed E-state index contributed by atoms with van der Waals surface area (Å²) in [5.41, 5.74) is 3.12. The normalized spacial score (nSPS) is 10.9. The summed E-state index contributed by atoms with van der Waals surface area (Å²) in [6.07, 6.45) is 6.55. The number of methoxy groups -OCH3 is 1. The Bertz CT molecular complexity index is 794. The van der Waals surface area contributed by atoms with Crippen LogP contribution in [0.2, 0.25) is 0 Å². The molecule has 0 atom stereocenters. The minimum Gasteiger partial charge on any atom is -0.494 e. The monoisotopic (exact) mass is 296 g/mol. The largest absolute Gasteiger partial charge is 0.494 e. The molecule has 22 heavy (non-hydrogen) atoms. The summed E-state index contributed by atoms with van der Waals surface area (Å²) < 4.78 is 7.44. The minimum atomic E-state index is 0.796. The van der Waals surface area contributed by atoms with Crippen molar-refractivity contribution < 1.29 is 4.74 Å². The molecule has 5 nitrogen and oxygen atoms in total. The van der Waals surface area contributed by atoms with Crippen molar-refractivity contribution >= 4 is 16.6 Å². The standard InChI is InChI=1S/C17H20N4O/c1-12-11-20-17-13(5-4-6-14(17)22-3)16(12)19-8-7-15-18-9-10-21(15)2/h4-6,9-11H,7-8H2,1-3H3,(H,19,20). The molecule has 5 heteroatoms. The van der Waals surface area contributed by atoms with Crippen LogP contribution in [-0.2, 0) is 13.5 Å². The molecule has 0 bridgehead atoms. The molecule has 0 aliphatic heterocycles. The van der Waals surface area contributed by atoms with Gasteiger partial charge in [-0.25, -0.2) is 4.98 Å². The predicted molar refractivity (Wildman–Crippen MR) is 88.4 cm³/mol. The van der Waals surface area contributed by atoms with Crippen LogP contribution in [0.1, 0.15) is 11.4 Å². The molecule has 0 radical (unpaired) electrons. The first-order valence-corrected chi connectivity index (χ1v) is 7.33. The summed E-state index contributed by atoms with van der Waals surface area (Å²) in [6.45, 7) is 2.89. The molecule has 0 unspecified atom stereocenters. The van der Waals surface area contributed by atoms with Crippen molar-refractivity contribution in [1.82, 2.24) is 14.5 Å². The number of aromatic nitrogens is 3. The number of anilines is 1. The SMILES string of the molecule is COc1cccc2c(NCCc3nccn3C)c(C)cnc12. The van der Waals surface area contributed by atoms with E-state index in [1.807, 2.05) is 42.3 Å². The molecule has 0 aliphatic rings. The van der Waals surface area contributed by atoms with E-state index in [9.17, 15) is 0 Å². The maximum atomic E-state index is 5.40. The van der Waals surface area contributed by atoms with Gasteiger partial charge in [-0.15, -0.1) is 0 Å². The van der Waals surface area contributed by atoms with Gasteiger partial charge in [0.2, 0.25) is 0 Å². The van der Waals surface area contributed by atoms with Crippen molar-refractivity contribution in [1.29, 1.82) is 0 Å². The fourth-order valence-electron chi connectivity index (χ4n) is 2.63. The fourth-order valence-corrected chi connectivity index (χ4v) is 2.63. The number of aryl methyl sites for hydroxylation is 2. The first-order chi connectivity index (χ1) is 10.7. The average Bonchev–Trinajstić information content (AvgIpc) is 2.94. The highest BCUT2D eigenvalue weighted by molar-refractivity contribution is 5.96. The molecule has 0 aliphatic carbocycles. The van der Waals surface area contributed by atoms with Gasteiger partial charge in [-0.05, 0) is 18.6 Å². The quantitative estimate of drug-likeness (QED) is 0.786. The molecule has 0 fully saturated rings. The van der Waals surface area contributed by atoms with E-state index in [0.29, 0.717) is 0 Å². The number of hydrogen-bond donors (Lipinski definition) is 1. The molecular formula is C17H20N4O. The van der Waals surface area contributed by atoms with Gasteiger partial charge >= 0.3 is 0 Å². The topological polar surface area (TPSA) is 52.0 Å².